The Labute approximate surface area is 168 Å². The monoisotopic (exact) mass is 390 g/mol. The highest BCUT2D eigenvalue weighted by Gasteiger charge is 2.08. The van der Waals surface area contributed by atoms with Gasteiger partial charge in [0.15, 0.2) is 5.01 Å². The first-order valence-corrected chi connectivity index (χ1v) is 11.3. The van der Waals surface area contributed by atoms with Gasteiger partial charge in [-0.15, -0.1) is 5.10 Å². The molecule has 0 saturated carbocycles. The van der Waals surface area contributed by atoms with Crippen LogP contribution in [0.5, 0.6) is 10.9 Å². The molecule has 0 unspecified atom stereocenters. The molecule has 2 aromatic rings. The molecule has 0 saturated heterocycles. The molecule has 0 fully saturated rings. The molecule has 0 radical (unpaired) electrons. The summed E-state index contributed by atoms with van der Waals surface area (Å²) in [4.78, 5) is 0. The SMILES string of the molecule is CCCCCCCCOc1ccc(-c2nnc(OCCCCCC)s2)cc1. The lowest BCUT2D eigenvalue weighted by atomic mass is 10.1. The van der Waals surface area contributed by atoms with Crippen LogP contribution in [0.2, 0.25) is 0 Å². The van der Waals surface area contributed by atoms with Gasteiger partial charge in [0, 0.05) is 5.56 Å². The highest BCUT2D eigenvalue weighted by molar-refractivity contribution is 7.16. The van der Waals surface area contributed by atoms with E-state index in [0.717, 1.165) is 42.4 Å². The van der Waals surface area contributed by atoms with Gasteiger partial charge >= 0.3 is 0 Å². The number of hydrogen-bond acceptors (Lipinski definition) is 5. The van der Waals surface area contributed by atoms with Crippen LogP contribution in [0.4, 0.5) is 0 Å². The first kappa shape index (κ1) is 21.7. The molecule has 1 aromatic heterocycles. The zero-order valence-electron chi connectivity index (χ0n) is 16.9. The van der Waals surface area contributed by atoms with E-state index in [1.54, 1.807) is 0 Å². The van der Waals surface area contributed by atoms with Crippen LogP contribution >= 0.6 is 11.3 Å². The topological polar surface area (TPSA) is 44.2 Å². The van der Waals surface area contributed by atoms with Crippen molar-refractivity contribution in [1.29, 1.82) is 0 Å². The summed E-state index contributed by atoms with van der Waals surface area (Å²) in [6, 6.07) is 8.11. The molecule has 1 heterocycles. The Bertz CT molecular complexity index is 613. The Balaban J connectivity index is 1.68. The molecule has 5 heteroatoms. The van der Waals surface area contributed by atoms with Crippen LogP contribution < -0.4 is 9.47 Å². The highest BCUT2D eigenvalue weighted by Crippen LogP contribution is 2.29. The maximum Gasteiger partial charge on any atom is 0.294 e. The van der Waals surface area contributed by atoms with E-state index in [0.29, 0.717) is 5.19 Å². The smallest absolute Gasteiger partial charge is 0.294 e. The van der Waals surface area contributed by atoms with Gasteiger partial charge in [0.25, 0.3) is 5.19 Å². The Morgan fingerprint density at radius 2 is 1.30 bits per heavy atom. The highest BCUT2D eigenvalue weighted by atomic mass is 32.1. The van der Waals surface area contributed by atoms with Gasteiger partial charge in [-0.1, -0.05) is 81.6 Å². The summed E-state index contributed by atoms with van der Waals surface area (Å²) in [6.45, 7) is 5.97. The van der Waals surface area contributed by atoms with Crippen LogP contribution in [-0.4, -0.2) is 23.4 Å². The van der Waals surface area contributed by atoms with E-state index in [1.807, 2.05) is 24.3 Å². The average Bonchev–Trinajstić information content (AvgIpc) is 3.16. The lowest BCUT2D eigenvalue weighted by Crippen LogP contribution is -1.97. The van der Waals surface area contributed by atoms with Crippen LogP contribution in [0.25, 0.3) is 10.6 Å². The molecule has 0 N–H and O–H groups in total. The van der Waals surface area contributed by atoms with Crippen molar-refractivity contribution in [3.05, 3.63) is 24.3 Å². The summed E-state index contributed by atoms with van der Waals surface area (Å²) in [5, 5.41) is 9.93. The van der Waals surface area contributed by atoms with Gasteiger partial charge < -0.3 is 9.47 Å². The van der Waals surface area contributed by atoms with Crippen LogP contribution in [0.1, 0.15) is 78.1 Å². The molecule has 4 nitrogen and oxygen atoms in total. The number of nitrogens with zero attached hydrogens (tertiary/aromatic N) is 2. The van der Waals surface area contributed by atoms with Crippen molar-refractivity contribution < 1.29 is 9.47 Å². The molecular formula is C22H34N2O2S. The minimum Gasteiger partial charge on any atom is -0.494 e. The first-order chi connectivity index (χ1) is 13.3. The van der Waals surface area contributed by atoms with E-state index in [2.05, 4.69) is 24.0 Å². The molecule has 27 heavy (non-hydrogen) atoms. The van der Waals surface area contributed by atoms with Crippen molar-refractivity contribution in [2.45, 2.75) is 78.1 Å². The van der Waals surface area contributed by atoms with Crippen molar-refractivity contribution in [2.24, 2.45) is 0 Å². The molecule has 0 aliphatic rings. The molecule has 1 aromatic carbocycles. The van der Waals surface area contributed by atoms with Crippen molar-refractivity contribution in [1.82, 2.24) is 10.2 Å². The van der Waals surface area contributed by atoms with Crippen molar-refractivity contribution >= 4 is 11.3 Å². The molecule has 0 aliphatic carbocycles. The molecule has 150 valence electrons. The Morgan fingerprint density at radius 3 is 2.00 bits per heavy atom. The van der Waals surface area contributed by atoms with E-state index in [1.165, 1.54) is 62.7 Å². The third-order valence-corrected chi connectivity index (χ3v) is 5.38. The second kappa shape index (κ2) is 13.5. The lowest BCUT2D eigenvalue weighted by Gasteiger charge is -2.06. The Kier molecular flexibility index (Phi) is 10.9. The first-order valence-electron chi connectivity index (χ1n) is 10.5. The Hall–Kier alpha value is -1.62. The molecule has 0 spiro atoms. The minimum atomic E-state index is 0.657. The minimum absolute atomic E-state index is 0.657. The summed E-state index contributed by atoms with van der Waals surface area (Å²) < 4.78 is 11.5. The molecule has 0 atom stereocenters. The summed E-state index contributed by atoms with van der Waals surface area (Å²) in [5.74, 6) is 0.921. The predicted molar refractivity (Wildman–Crippen MR) is 114 cm³/mol. The third-order valence-electron chi connectivity index (χ3n) is 4.50. The van der Waals surface area contributed by atoms with Gasteiger partial charge in [-0.2, -0.15) is 0 Å². The van der Waals surface area contributed by atoms with E-state index >= 15 is 0 Å². The number of benzene rings is 1. The summed E-state index contributed by atoms with van der Waals surface area (Å²) in [5.41, 5.74) is 1.06. The van der Waals surface area contributed by atoms with E-state index in [4.69, 9.17) is 9.47 Å². The number of ether oxygens (including phenoxy) is 2. The summed E-state index contributed by atoms with van der Waals surface area (Å²) >= 11 is 1.50. The fourth-order valence-corrected chi connectivity index (χ4v) is 3.56. The van der Waals surface area contributed by atoms with Crippen LogP contribution in [-0.2, 0) is 0 Å². The van der Waals surface area contributed by atoms with Crippen LogP contribution in [0, 0.1) is 0 Å². The maximum absolute atomic E-state index is 5.84. The fourth-order valence-electron chi connectivity index (χ4n) is 2.84. The van der Waals surface area contributed by atoms with Gasteiger partial charge in [-0.05, 0) is 37.1 Å². The van der Waals surface area contributed by atoms with E-state index in [9.17, 15) is 0 Å². The summed E-state index contributed by atoms with van der Waals surface area (Å²) in [6.07, 6.45) is 12.5. The third kappa shape index (κ3) is 8.74. The van der Waals surface area contributed by atoms with E-state index in [-0.39, 0.29) is 0 Å². The quantitative estimate of drug-likeness (QED) is 0.310. The molecule has 0 aliphatic heterocycles. The second-order valence-electron chi connectivity index (χ2n) is 6.92. The number of unbranched alkanes of at least 4 members (excludes halogenated alkanes) is 8. The van der Waals surface area contributed by atoms with Gasteiger partial charge in [0.05, 0.1) is 13.2 Å². The van der Waals surface area contributed by atoms with Gasteiger partial charge in [0.2, 0.25) is 0 Å². The number of rotatable bonds is 15. The zero-order valence-corrected chi connectivity index (χ0v) is 17.7. The zero-order chi connectivity index (χ0) is 19.2. The lowest BCUT2D eigenvalue weighted by molar-refractivity contribution is 0.301. The molecule has 2 rings (SSSR count). The normalized spacial score (nSPS) is 10.9. The summed E-state index contributed by atoms with van der Waals surface area (Å²) in [7, 11) is 0. The van der Waals surface area contributed by atoms with Crippen molar-refractivity contribution in [3.8, 4) is 21.5 Å². The largest absolute Gasteiger partial charge is 0.494 e. The van der Waals surface area contributed by atoms with Gasteiger partial charge in [-0.25, -0.2) is 0 Å². The van der Waals surface area contributed by atoms with Crippen molar-refractivity contribution in [2.75, 3.05) is 13.2 Å². The number of hydrogen-bond donors (Lipinski definition) is 0. The fraction of sp³-hybridized carbons (Fsp3) is 0.636. The van der Waals surface area contributed by atoms with Crippen molar-refractivity contribution in [3.63, 3.8) is 0 Å². The molecule has 0 bridgehead atoms. The average molecular weight is 391 g/mol. The standard InChI is InChI=1S/C22H34N2O2S/c1-3-5-7-9-10-12-17-25-20-15-13-19(14-16-20)21-23-24-22(27-21)26-18-11-8-6-4-2/h13-16H,3-12,17-18H2,1-2H3. The van der Waals surface area contributed by atoms with Crippen LogP contribution in [0.15, 0.2) is 24.3 Å². The van der Waals surface area contributed by atoms with Crippen LogP contribution in [0.3, 0.4) is 0 Å². The predicted octanol–water partition coefficient (Wildman–Crippen LogP) is 6.90. The molecular weight excluding hydrogens is 356 g/mol. The van der Waals surface area contributed by atoms with E-state index < -0.39 is 0 Å². The molecule has 0 amide bonds. The van der Waals surface area contributed by atoms with Gasteiger partial charge in [-0.3, -0.25) is 0 Å². The second-order valence-corrected chi connectivity index (χ2v) is 7.86. The number of aromatic nitrogens is 2. The maximum atomic E-state index is 5.84. The van der Waals surface area contributed by atoms with Gasteiger partial charge in [0.1, 0.15) is 5.75 Å². The Morgan fingerprint density at radius 1 is 0.704 bits per heavy atom.